The van der Waals surface area contributed by atoms with E-state index in [-0.39, 0.29) is 5.92 Å². The summed E-state index contributed by atoms with van der Waals surface area (Å²) in [5, 5.41) is 11.9. The molecule has 0 aliphatic heterocycles. The van der Waals surface area contributed by atoms with E-state index < -0.39 is 11.9 Å². The zero-order chi connectivity index (χ0) is 13.0. The maximum Gasteiger partial charge on any atom is 0.240 e. The van der Waals surface area contributed by atoms with Crippen LogP contribution in [0.2, 0.25) is 0 Å². The molecule has 0 bridgehead atoms. The van der Waals surface area contributed by atoms with Gasteiger partial charge in [-0.3, -0.25) is 4.79 Å². The van der Waals surface area contributed by atoms with Gasteiger partial charge in [-0.2, -0.15) is 5.26 Å². The van der Waals surface area contributed by atoms with E-state index in [1.165, 1.54) is 0 Å². The fourth-order valence-corrected chi connectivity index (χ4v) is 1.51. The van der Waals surface area contributed by atoms with Gasteiger partial charge in [0.05, 0.1) is 11.3 Å². The fraction of sp³-hybridized carbons (Fsp3) is 0.333. The van der Waals surface area contributed by atoms with E-state index in [0.717, 1.165) is 0 Å². The highest BCUT2D eigenvalue weighted by molar-refractivity contribution is 5.84. The van der Waals surface area contributed by atoms with Gasteiger partial charge in [-0.05, 0) is 24.1 Å². The number of carbonyl (C=O) groups is 1. The molecule has 0 spiro atoms. The predicted molar refractivity (Wildman–Crippen MR) is 67.0 cm³/mol. The molecule has 1 aromatic rings. The summed E-state index contributed by atoms with van der Waals surface area (Å²) in [7, 11) is 0. The number of primary amides is 1. The monoisotopic (exact) mass is 232 g/mol. The van der Waals surface area contributed by atoms with Crippen LogP contribution in [-0.2, 0) is 4.79 Å². The number of nitrogens with two attached hydrogens (primary N) is 2. The van der Waals surface area contributed by atoms with E-state index in [1.54, 1.807) is 18.2 Å². The van der Waals surface area contributed by atoms with E-state index in [9.17, 15) is 4.79 Å². The first-order valence-electron chi connectivity index (χ1n) is 5.31. The molecule has 0 saturated carbocycles. The average molecular weight is 232 g/mol. The Balaban J connectivity index is 3.02. The van der Waals surface area contributed by atoms with Crippen LogP contribution in [0.1, 0.15) is 19.4 Å². The summed E-state index contributed by atoms with van der Waals surface area (Å²) in [6.45, 7) is 3.76. The molecule has 0 radical (unpaired) electrons. The number of rotatable bonds is 4. The van der Waals surface area contributed by atoms with Crippen molar-refractivity contribution < 1.29 is 4.79 Å². The maximum absolute atomic E-state index is 11.3. The highest BCUT2D eigenvalue weighted by Crippen LogP contribution is 2.20. The zero-order valence-electron chi connectivity index (χ0n) is 9.90. The number of hydrogen-bond donors (Lipinski definition) is 3. The molecule has 0 aliphatic carbocycles. The summed E-state index contributed by atoms with van der Waals surface area (Å²) >= 11 is 0. The lowest BCUT2D eigenvalue weighted by Crippen LogP contribution is -2.39. The third-order valence-corrected chi connectivity index (χ3v) is 2.45. The molecule has 5 heteroatoms. The van der Waals surface area contributed by atoms with E-state index in [1.807, 2.05) is 19.9 Å². The molecule has 1 aromatic carbocycles. The van der Waals surface area contributed by atoms with Crippen molar-refractivity contribution in [2.45, 2.75) is 19.9 Å². The summed E-state index contributed by atoms with van der Waals surface area (Å²) in [6.07, 6.45) is 0. The number of nitrogens with zero attached hydrogens (tertiary/aromatic N) is 1. The molecular weight excluding hydrogens is 216 g/mol. The molecule has 1 amide bonds. The Kier molecular flexibility index (Phi) is 3.94. The van der Waals surface area contributed by atoms with Crippen LogP contribution in [0.4, 0.5) is 11.4 Å². The highest BCUT2D eigenvalue weighted by atomic mass is 16.1. The zero-order valence-corrected chi connectivity index (χ0v) is 9.90. The van der Waals surface area contributed by atoms with Crippen molar-refractivity contribution in [2.75, 3.05) is 11.1 Å². The van der Waals surface area contributed by atoms with Gasteiger partial charge >= 0.3 is 0 Å². The number of anilines is 2. The average Bonchev–Trinajstić information content (AvgIpc) is 2.26. The number of nitrogen functional groups attached to an aromatic ring is 1. The second kappa shape index (κ2) is 5.21. The molecular formula is C12H16N4O. The van der Waals surface area contributed by atoms with Gasteiger partial charge in [-0.15, -0.1) is 0 Å². The van der Waals surface area contributed by atoms with Crippen LogP contribution in [0.3, 0.4) is 0 Å². The SMILES string of the molecule is CC(C)C(Nc1ccc(N)cc1C#N)C(N)=O. The molecule has 1 atom stereocenters. The van der Waals surface area contributed by atoms with Crippen LogP contribution in [0.25, 0.3) is 0 Å². The molecule has 90 valence electrons. The molecule has 0 aliphatic rings. The Morgan fingerprint density at radius 3 is 2.59 bits per heavy atom. The Hall–Kier alpha value is -2.22. The Labute approximate surface area is 100 Å². The highest BCUT2D eigenvalue weighted by Gasteiger charge is 2.20. The normalized spacial score (nSPS) is 11.9. The summed E-state index contributed by atoms with van der Waals surface area (Å²) in [4.78, 5) is 11.3. The van der Waals surface area contributed by atoms with Gasteiger partial charge in [0.15, 0.2) is 0 Å². The minimum Gasteiger partial charge on any atom is -0.399 e. The number of carbonyl (C=O) groups excluding carboxylic acids is 1. The first kappa shape index (κ1) is 12.8. The van der Waals surface area contributed by atoms with E-state index >= 15 is 0 Å². The van der Waals surface area contributed by atoms with Gasteiger partial charge in [-0.1, -0.05) is 13.8 Å². The third kappa shape index (κ3) is 3.11. The van der Waals surface area contributed by atoms with Gasteiger partial charge in [0.2, 0.25) is 5.91 Å². The number of benzene rings is 1. The van der Waals surface area contributed by atoms with Crippen LogP contribution >= 0.6 is 0 Å². The minimum atomic E-state index is -0.509. The summed E-state index contributed by atoms with van der Waals surface area (Å²) in [5.74, 6) is -0.405. The quantitative estimate of drug-likeness (QED) is 0.675. The van der Waals surface area contributed by atoms with Gasteiger partial charge in [-0.25, -0.2) is 0 Å². The van der Waals surface area contributed by atoms with Crippen molar-refractivity contribution in [3.8, 4) is 6.07 Å². The molecule has 0 aromatic heterocycles. The van der Waals surface area contributed by atoms with Crippen molar-refractivity contribution in [3.05, 3.63) is 23.8 Å². The lowest BCUT2D eigenvalue weighted by atomic mass is 10.0. The van der Waals surface area contributed by atoms with E-state index in [4.69, 9.17) is 16.7 Å². The Bertz CT molecular complexity index is 462. The third-order valence-electron chi connectivity index (χ3n) is 2.45. The van der Waals surface area contributed by atoms with Crippen LogP contribution < -0.4 is 16.8 Å². The maximum atomic E-state index is 11.3. The summed E-state index contributed by atoms with van der Waals surface area (Å²) in [5.41, 5.74) is 12.4. The minimum absolute atomic E-state index is 0.0385. The van der Waals surface area contributed by atoms with Crippen molar-refractivity contribution in [1.82, 2.24) is 0 Å². The molecule has 5 N–H and O–H groups in total. The largest absolute Gasteiger partial charge is 0.399 e. The van der Waals surface area contributed by atoms with Crippen LogP contribution in [0, 0.1) is 17.2 Å². The van der Waals surface area contributed by atoms with Gasteiger partial charge in [0, 0.05) is 5.69 Å². The van der Waals surface area contributed by atoms with E-state index in [0.29, 0.717) is 16.9 Å². The van der Waals surface area contributed by atoms with Crippen LogP contribution in [-0.4, -0.2) is 11.9 Å². The first-order valence-corrected chi connectivity index (χ1v) is 5.31. The molecule has 0 heterocycles. The Morgan fingerprint density at radius 1 is 1.47 bits per heavy atom. The first-order chi connectivity index (χ1) is 7.95. The lowest BCUT2D eigenvalue weighted by Gasteiger charge is -2.20. The van der Waals surface area contributed by atoms with E-state index in [2.05, 4.69) is 5.32 Å². The molecule has 0 fully saturated rings. The molecule has 17 heavy (non-hydrogen) atoms. The van der Waals surface area contributed by atoms with Crippen molar-refractivity contribution in [1.29, 1.82) is 5.26 Å². The smallest absolute Gasteiger partial charge is 0.240 e. The van der Waals surface area contributed by atoms with Crippen molar-refractivity contribution >= 4 is 17.3 Å². The number of amides is 1. The van der Waals surface area contributed by atoms with Crippen molar-refractivity contribution in [3.63, 3.8) is 0 Å². The fourth-order valence-electron chi connectivity index (χ4n) is 1.51. The molecule has 0 saturated heterocycles. The molecule has 1 rings (SSSR count). The summed E-state index contributed by atoms with van der Waals surface area (Å²) in [6, 6.07) is 6.41. The van der Waals surface area contributed by atoms with Gasteiger partial charge in [0.25, 0.3) is 0 Å². The lowest BCUT2D eigenvalue weighted by molar-refractivity contribution is -0.119. The standard InChI is InChI=1S/C12H16N4O/c1-7(2)11(12(15)17)16-10-4-3-9(14)5-8(10)6-13/h3-5,7,11,16H,14H2,1-2H3,(H2,15,17). The number of nitriles is 1. The predicted octanol–water partition coefficient (Wildman–Crippen LogP) is 1.06. The second-order valence-electron chi connectivity index (χ2n) is 4.19. The van der Waals surface area contributed by atoms with Crippen molar-refractivity contribution in [2.24, 2.45) is 11.7 Å². The van der Waals surface area contributed by atoms with Crippen LogP contribution in [0.5, 0.6) is 0 Å². The topological polar surface area (TPSA) is 105 Å². The molecule has 1 unspecified atom stereocenters. The number of hydrogen-bond acceptors (Lipinski definition) is 4. The summed E-state index contributed by atoms with van der Waals surface area (Å²) < 4.78 is 0. The number of nitrogens with one attached hydrogen (secondary N) is 1. The van der Waals surface area contributed by atoms with Gasteiger partial charge < -0.3 is 16.8 Å². The van der Waals surface area contributed by atoms with Crippen LogP contribution in [0.15, 0.2) is 18.2 Å². The second-order valence-corrected chi connectivity index (χ2v) is 4.19. The van der Waals surface area contributed by atoms with Gasteiger partial charge in [0.1, 0.15) is 12.1 Å². The molecule has 5 nitrogen and oxygen atoms in total. The Morgan fingerprint density at radius 2 is 2.12 bits per heavy atom.